The first-order valence-corrected chi connectivity index (χ1v) is 19.8. The Hall–Kier alpha value is -7.06. The van der Waals surface area contributed by atoms with Crippen LogP contribution in [0.15, 0.2) is 180 Å². The smallest absolute Gasteiger partial charge is 0.143 e. The normalized spacial score (nSPS) is 15.7. The molecule has 0 fully saturated rings. The van der Waals surface area contributed by atoms with E-state index in [1.165, 1.54) is 36.5 Å². The molecule has 2 aliphatic rings. The summed E-state index contributed by atoms with van der Waals surface area (Å²) in [4.78, 5) is 2.35. The van der Waals surface area contributed by atoms with Gasteiger partial charge < -0.3 is 14.1 Å². The number of furan rings is 1. The average Bonchev–Trinajstić information content (AvgIpc) is 3.95. The minimum Gasteiger partial charge on any atom is -0.485 e. The second-order valence-corrected chi connectivity index (χ2v) is 15.6. The summed E-state index contributed by atoms with van der Waals surface area (Å²) in [5, 5.41) is 6.96. The molecule has 4 heteroatoms. The van der Waals surface area contributed by atoms with Gasteiger partial charge in [-0.2, -0.15) is 0 Å². The highest BCUT2D eigenvalue weighted by Crippen LogP contribution is 2.53. The van der Waals surface area contributed by atoms with Crippen LogP contribution < -0.4 is 9.64 Å². The average molecular weight is 734 g/mol. The summed E-state index contributed by atoms with van der Waals surface area (Å²) in [6, 6.07) is 60.9. The van der Waals surface area contributed by atoms with E-state index in [1.54, 1.807) is 0 Å². The van der Waals surface area contributed by atoms with Gasteiger partial charge in [0, 0.05) is 54.5 Å². The molecule has 0 radical (unpaired) electrons. The zero-order valence-electron chi connectivity index (χ0n) is 30.1. The molecule has 262 valence electrons. The standard InChI is InChI=1S/C52H31NO2S/c1-2-14-33(15-3-1)37-17-6-9-21-43(37)53(44-22-12-20-39-38-18-8-11-24-48(38)56-52(39)44)36-27-28-46-41(30-36)42-31-47-50(40-19-7-10-23-45(40)54-47)49(51(42)55-46)35-26-25-32-13-4-5-16-34(32)29-35/h1-8,10-20,22-31,40,45H. The highest BCUT2D eigenvalue weighted by Gasteiger charge is 2.37. The van der Waals surface area contributed by atoms with Crippen molar-refractivity contribution < 1.29 is 9.15 Å². The maximum Gasteiger partial charge on any atom is 0.143 e. The lowest BCUT2D eigenvalue weighted by Crippen LogP contribution is -2.15. The third-order valence-corrected chi connectivity index (χ3v) is 12.6. The largest absolute Gasteiger partial charge is 0.485 e. The number of allylic oxidation sites excluding steroid dienone is 2. The second-order valence-electron chi connectivity index (χ2n) is 14.6. The van der Waals surface area contributed by atoms with Gasteiger partial charge in [0.25, 0.3) is 0 Å². The first-order chi connectivity index (χ1) is 27.8. The molecule has 1 aliphatic carbocycles. The Morgan fingerprint density at radius 3 is 2.41 bits per heavy atom. The fourth-order valence-electron chi connectivity index (χ4n) is 8.90. The summed E-state index contributed by atoms with van der Waals surface area (Å²) >= 11 is 1.83. The van der Waals surface area contributed by atoms with Gasteiger partial charge in [-0.25, -0.2) is 0 Å². The lowest BCUT2D eigenvalue weighted by Gasteiger charge is -2.27. The van der Waals surface area contributed by atoms with E-state index in [0.29, 0.717) is 0 Å². The number of fused-ring (bicyclic) bond motifs is 10. The summed E-state index contributed by atoms with van der Waals surface area (Å²) < 4.78 is 16.2. The molecule has 0 N–H and O–H groups in total. The summed E-state index contributed by atoms with van der Waals surface area (Å²) in [6.45, 7) is 0. The number of nitrogens with zero attached hydrogens (tertiary/aromatic N) is 1. The zero-order chi connectivity index (χ0) is 36.7. The van der Waals surface area contributed by atoms with E-state index >= 15 is 0 Å². The topological polar surface area (TPSA) is 25.6 Å². The minimum absolute atomic E-state index is 0.0545. The number of thiophene rings is 1. The van der Waals surface area contributed by atoms with Crippen molar-refractivity contribution in [3.63, 3.8) is 0 Å². The maximum absolute atomic E-state index is 6.98. The van der Waals surface area contributed by atoms with Crippen molar-refractivity contribution in [1.82, 2.24) is 0 Å². The van der Waals surface area contributed by atoms with Crippen molar-refractivity contribution in [2.24, 2.45) is 0 Å². The van der Waals surface area contributed by atoms with Crippen LogP contribution in [0.3, 0.4) is 0 Å². The van der Waals surface area contributed by atoms with Crippen molar-refractivity contribution in [1.29, 1.82) is 0 Å². The summed E-state index contributed by atoms with van der Waals surface area (Å²) in [6.07, 6.45) is 8.59. The third kappa shape index (κ3) is 4.72. The van der Waals surface area contributed by atoms with E-state index in [2.05, 4.69) is 187 Å². The van der Waals surface area contributed by atoms with Crippen molar-refractivity contribution in [3.8, 4) is 28.0 Å². The summed E-state index contributed by atoms with van der Waals surface area (Å²) in [5.41, 5.74) is 10.3. The van der Waals surface area contributed by atoms with Crippen molar-refractivity contribution >= 4 is 81.3 Å². The van der Waals surface area contributed by atoms with Gasteiger partial charge in [-0.3, -0.25) is 0 Å². The third-order valence-electron chi connectivity index (χ3n) is 11.4. The first-order valence-electron chi connectivity index (χ1n) is 19.0. The Kier molecular flexibility index (Phi) is 6.84. The molecule has 0 amide bonds. The Bertz CT molecular complexity index is 3260. The quantitative estimate of drug-likeness (QED) is 0.176. The van der Waals surface area contributed by atoms with Crippen molar-refractivity contribution in [2.45, 2.75) is 12.0 Å². The molecule has 0 spiro atoms. The lowest BCUT2D eigenvalue weighted by atomic mass is 9.85. The number of benzene rings is 7. The minimum atomic E-state index is -0.0545. The molecule has 10 aromatic rings. The molecule has 0 saturated heterocycles. The molecule has 1 aliphatic heterocycles. The van der Waals surface area contributed by atoms with E-state index in [1.807, 2.05) is 17.4 Å². The van der Waals surface area contributed by atoms with Gasteiger partial charge >= 0.3 is 0 Å². The van der Waals surface area contributed by atoms with Crippen LogP contribution in [0.25, 0.3) is 75.1 Å². The Labute approximate surface area is 327 Å². The molecular weight excluding hydrogens is 703 g/mol. The van der Waals surface area contributed by atoms with Gasteiger partial charge in [-0.15, -0.1) is 11.3 Å². The molecule has 2 aromatic heterocycles. The lowest BCUT2D eigenvalue weighted by molar-refractivity contribution is 0.269. The molecule has 3 nitrogen and oxygen atoms in total. The van der Waals surface area contributed by atoms with Crippen LogP contribution in [0.1, 0.15) is 11.5 Å². The van der Waals surface area contributed by atoms with Gasteiger partial charge in [0.15, 0.2) is 0 Å². The van der Waals surface area contributed by atoms with Gasteiger partial charge in [-0.1, -0.05) is 121 Å². The highest BCUT2D eigenvalue weighted by molar-refractivity contribution is 7.26. The summed E-state index contributed by atoms with van der Waals surface area (Å²) in [7, 11) is 0. The van der Waals surface area contributed by atoms with Crippen LogP contribution in [0.2, 0.25) is 0 Å². The zero-order valence-corrected chi connectivity index (χ0v) is 30.9. The molecule has 0 bridgehead atoms. The monoisotopic (exact) mass is 733 g/mol. The molecule has 12 rings (SSSR count). The van der Waals surface area contributed by atoms with Gasteiger partial charge in [0.1, 0.15) is 28.7 Å². The van der Waals surface area contributed by atoms with E-state index in [9.17, 15) is 0 Å². The van der Waals surface area contributed by atoms with E-state index in [0.717, 1.165) is 67.0 Å². The predicted molar refractivity (Wildman–Crippen MR) is 233 cm³/mol. The van der Waals surface area contributed by atoms with Gasteiger partial charge in [0.2, 0.25) is 0 Å². The van der Waals surface area contributed by atoms with E-state index in [-0.39, 0.29) is 12.0 Å². The molecule has 2 unspecified atom stereocenters. The maximum atomic E-state index is 6.98. The number of hydrogen-bond donors (Lipinski definition) is 0. The van der Waals surface area contributed by atoms with E-state index < -0.39 is 0 Å². The number of rotatable bonds is 5. The fraction of sp³-hybridized carbons (Fsp3) is 0.0385. The SMILES string of the molecule is c1ccc(-c2ccccc2)c(N(c2ccc3oc4c(-c5ccc6ccccc6c5)c5c(cc4c3c2)OC2C=CC=CC52)c2cccc3c2sc2ccccc23)c#1. The number of anilines is 3. The van der Waals surface area contributed by atoms with Crippen LogP contribution >= 0.6 is 11.3 Å². The van der Waals surface area contributed by atoms with Crippen LogP contribution in [-0.2, 0) is 0 Å². The first kappa shape index (κ1) is 31.3. The van der Waals surface area contributed by atoms with Crippen molar-refractivity contribution in [3.05, 3.63) is 194 Å². The van der Waals surface area contributed by atoms with Gasteiger partial charge in [0.05, 0.1) is 10.4 Å². The number of ether oxygens (including phenoxy) is 1. The molecular formula is C52H31NO2S. The molecule has 0 saturated carbocycles. The molecule has 2 atom stereocenters. The fourth-order valence-corrected chi connectivity index (χ4v) is 10.1. The molecule has 56 heavy (non-hydrogen) atoms. The Balaban J connectivity index is 1.13. The van der Waals surface area contributed by atoms with Gasteiger partial charge in [-0.05, 0) is 88.6 Å². The second kappa shape index (κ2) is 12.2. The van der Waals surface area contributed by atoms with Crippen LogP contribution in [-0.4, -0.2) is 6.10 Å². The Morgan fingerprint density at radius 1 is 0.625 bits per heavy atom. The van der Waals surface area contributed by atoms with Crippen LogP contribution in [0.5, 0.6) is 5.75 Å². The van der Waals surface area contributed by atoms with Crippen LogP contribution in [0, 0.1) is 12.1 Å². The molecule has 3 heterocycles. The predicted octanol–water partition coefficient (Wildman–Crippen LogP) is 14.5. The van der Waals surface area contributed by atoms with Crippen molar-refractivity contribution in [2.75, 3.05) is 4.90 Å². The number of hydrogen-bond acceptors (Lipinski definition) is 4. The van der Waals surface area contributed by atoms with Crippen LogP contribution in [0.4, 0.5) is 17.1 Å². The Morgan fingerprint density at radius 2 is 1.46 bits per heavy atom. The highest BCUT2D eigenvalue weighted by atomic mass is 32.1. The molecule has 8 aromatic carbocycles. The summed E-state index contributed by atoms with van der Waals surface area (Å²) in [5.74, 6) is 1.01. The van der Waals surface area contributed by atoms with E-state index in [4.69, 9.17) is 9.15 Å².